The molecule has 130 valence electrons. The summed E-state index contributed by atoms with van der Waals surface area (Å²) in [7, 11) is 0. The van der Waals surface area contributed by atoms with E-state index in [2.05, 4.69) is 19.9 Å². The molecule has 4 rings (SSSR count). The molecule has 0 heterocycles. The number of ketones is 1. The molecule has 6 atom stereocenters. The molecule has 3 saturated carbocycles. The van der Waals surface area contributed by atoms with Crippen LogP contribution in [0.1, 0.15) is 46.0 Å². The van der Waals surface area contributed by atoms with Crippen molar-refractivity contribution in [3.63, 3.8) is 0 Å². The second kappa shape index (κ2) is 5.40. The third-order valence-corrected chi connectivity index (χ3v) is 7.68. The Morgan fingerprint density at radius 1 is 1.29 bits per heavy atom. The van der Waals surface area contributed by atoms with Crippen LogP contribution in [0.25, 0.3) is 0 Å². The van der Waals surface area contributed by atoms with Crippen molar-refractivity contribution in [3.8, 4) is 0 Å². The highest BCUT2D eigenvalue weighted by molar-refractivity contribution is 6.01. The van der Waals surface area contributed by atoms with Crippen molar-refractivity contribution in [1.29, 1.82) is 0 Å². The van der Waals surface area contributed by atoms with Gasteiger partial charge in [-0.25, -0.2) is 0 Å². The summed E-state index contributed by atoms with van der Waals surface area (Å²) in [5.74, 6) is 1.36. The Bertz CT molecular complexity index is 658. The number of rotatable bonds is 1. The largest absolute Gasteiger partial charge is 0.393 e. The number of hydrogen-bond acceptors (Lipinski definition) is 3. The highest BCUT2D eigenvalue weighted by atomic mass is 16.3. The van der Waals surface area contributed by atoms with E-state index in [9.17, 15) is 15.0 Å². The van der Waals surface area contributed by atoms with Crippen molar-refractivity contribution in [2.45, 2.75) is 52.1 Å². The van der Waals surface area contributed by atoms with Crippen LogP contribution >= 0.6 is 0 Å². The molecule has 0 saturated heterocycles. The van der Waals surface area contributed by atoms with Gasteiger partial charge in [-0.3, -0.25) is 4.79 Å². The number of hydrogen-bond donors (Lipinski definition) is 2. The van der Waals surface area contributed by atoms with Crippen molar-refractivity contribution in [2.75, 3.05) is 6.61 Å². The van der Waals surface area contributed by atoms with Crippen LogP contribution in [0.2, 0.25) is 0 Å². The van der Waals surface area contributed by atoms with E-state index in [0.29, 0.717) is 11.8 Å². The number of aliphatic hydroxyl groups excluding tert-OH is 2. The summed E-state index contributed by atoms with van der Waals surface area (Å²) in [5, 5.41) is 20.5. The molecule has 0 radical (unpaired) electrons. The zero-order chi connectivity index (χ0) is 17.1. The predicted molar refractivity (Wildman–Crippen MR) is 93.2 cm³/mol. The smallest absolute Gasteiger partial charge is 0.178 e. The molecule has 0 aromatic heterocycles. The molecular formula is C21H28O3. The maximum absolute atomic E-state index is 11.8. The molecule has 3 nitrogen and oxygen atoms in total. The van der Waals surface area contributed by atoms with Gasteiger partial charge in [0.1, 0.15) is 0 Å². The van der Waals surface area contributed by atoms with Crippen molar-refractivity contribution in [1.82, 2.24) is 0 Å². The maximum atomic E-state index is 11.8. The summed E-state index contributed by atoms with van der Waals surface area (Å²) in [4.78, 5) is 11.8. The molecule has 0 spiro atoms. The van der Waals surface area contributed by atoms with Gasteiger partial charge in [-0.15, -0.1) is 0 Å². The van der Waals surface area contributed by atoms with Crippen LogP contribution in [-0.4, -0.2) is 28.7 Å². The normalized spacial score (nSPS) is 48.8. The molecule has 2 N–H and O–H groups in total. The van der Waals surface area contributed by atoms with Crippen LogP contribution in [-0.2, 0) is 4.79 Å². The number of allylic oxidation sites excluding steroid dienone is 5. The lowest BCUT2D eigenvalue weighted by molar-refractivity contribution is -0.112. The fourth-order valence-electron chi connectivity index (χ4n) is 6.62. The van der Waals surface area contributed by atoms with E-state index in [-0.39, 0.29) is 35.2 Å². The summed E-state index contributed by atoms with van der Waals surface area (Å²) in [6.45, 7) is 4.60. The van der Waals surface area contributed by atoms with Gasteiger partial charge in [0.05, 0.1) is 12.7 Å². The number of carbonyl (C=O) groups is 1. The van der Waals surface area contributed by atoms with Crippen molar-refractivity contribution in [3.05, 3.63) is 35.5 Å². The van der Waals surface area contributed by atoms with Gasteiger partial charge >= 0.3 is 0 Å². The van der Waals surface area contributed by atoms with Gasteiger partial charge in [0.15, 0.2) is 5.78 Å². The topological polar surface area (TPSA) is 57.5 Å². The summed E-state index contributed by atoms with van der Waals surface area (Å²) < 4.78 is 0. The second-order valence-electron chi connectivity index (χ2n) is 8.66. The van der Waals surface area contributed by atoms with E-state index < -0.39 is 0 Å². The lowest BCUT2D eigenvalue weighted by Gasteiger charge is -2.58. The first-order valence-electron chi connectivity index (χ1n) is 9.33. The lowest BCUT2D eigenvalue weighted by Crippen LogP contribution is -2.55. The van der Waals surface area contributed by atoms with Crippen LogP contribution in [0.4, 0.5) is 0 Å². The molecule has 3 heteroatoms. The van der Waals surface area contributed by atoms with E-state index in [1.54, 1.807) is 6.08 Å². The molecule has 24 heavy (non-hydrogen) atoms. The first-order chi connectivity index (χ1) is 11.4. The maximum Gasteiger partial charge on any atom is 0.178 e. The van der Waals surface area contributed by atoms with E-state index in [1.165, 1.54) is 11.1 Å². The fourth-order valence-corrected chi connectivity index (χ4v) is 6.62. The highest BCUT2D eigenvalue weighted by Gasteiger charge is 2.60. The third kappa shape index (κ3) is 2.07. The minimum atomic E-state index is -0.358. The standard InChI is InChI=1S/C21H28O3/c1-20-9-7-15(23)11-14(20)3-5-16-17-6-4-13(8-10-22)21(17,2)12-18(24)19(16)20/h7-9,11,16-19,22,24H,3-6,10,12H2,1-2H3/b13-8-/t16-,17-,18+,19+,20-,21+/m0/s1. The van der Waals surface area contributed by atoms with Gasteiger partial charge in [0.25, 0.3) is 0 Å². The molecule has 0 amide bonds. The quantitative estimate of drug-likeness (QED) is 0.727. The lowest BCUT2D eigenvalue weighted by atomic mass is 9.47. The van der Waals surface area contributed by atoms with Crippen LogP contribution in [0, 0.1) is 28.6 Å². The Labute approximate surface area is 144 Å². The zero-order valence-corrected chi connectivity index (χ0v) is 14.7. The molecule has 4 aliphatic rings. The third-order valence-electron chi connectivity index (χ3n) is 7.68. The van der Waals surface area contributed by atoms with Crippen LogP contribution in [0.15, 0.2) is 35.5 Å². The SMILES string of the molecule is C[C@]12C=CC(=O)C=C1CC[C@@H]1[C@@H]2[C@H](O)C[C@]2(C)/C(=C\CO)CC[C@@H]12. The highest BCUT2D eigenvalue weighted by Crippen LogP contribution is 2.65. The Balaban J connectivity index is 1.74. The van der Waals surface area contributed by atoms with Crippen LogP contribution in [0.3, 0.4) is 0 Å². The van der Waals surface area contributed by atoms with Crippen LogP contribution < -0.4 is 0 Å². The minimum absolute atomic E-state index is 0.0229. The molecule has 0 aliphatic heterocycles. The zero-order valence-electron chi connectivity index (χ0n) is 14.7. The number of fused-ring (bicyclic) bond motifs is 5. The fraction of sp³-hybridized carbons (Fsp3) is 0.667. The Hall–Kier alpha value is -1.19. The first kappa shape index (κ1) is 16.3. The van der Waals surface area contributed by atoms with Gasteiger partial charge in [-0.2, -0.15) is 0 Å². The number of aliphatic hydroxyl groups is 2. The van der Waals surface area contributed by atoms with Crippen LogP contribution in [0.5, 0.6) is 0 Å². The van der Waals surface area contributed by atoms with Gasteiger partial charge < -0.3 is 10.2 Å². The molecule has 0 bridgehead atoms. The van der Waals surface area contributed by atoms with Gasteiger partial charge in [0.2, 0.25) is 0 Å². The minimum Gasteiger partial charge on any atom is -0.393 e. The van der Waals surface area contributed by atoms with E-state index in [4.69, 9.17) is 0 Å². The monoisotopic (exact) mass is 328 g/mol. The van der Waals surface area contributed by atoms with Crippen molar-refractivity contribution < 1.29 is 15.0 Å². The molecule has 0 aromatic carbocycles. The predicted octanol–water partition coefficient (Wildman–Crippen LogP) is 3.18. The average molecular weight is 328 g/mol. The molecule has 0 unspecified atom stereocenters. The van der Waals surface area contributed by atoms with E-state index >= 15 is 0 Å². The van der Waals surface area contributed by atoms with Crippen molar-refractivity contribution >= 4 is 5.78 Å². The van der Waals surface area contributed by atoms with Gasteiger partial charge in [0, 0.05) is 11.3 Å². The molecule has 3 fully saturated rings. The van der Waals surface area contributed by atoms with E-state index in [1.807, 2.05) is 12.2 Å². The second-order valence-corrected chi connectivity index (χ2v) is 8.66. The summed E-state index contributed by atoms with van der Waals surface area (Å²) in [5.41, 5.74) is 2.40. The molecule has 0 aromatic rings. The number of carbonyl (C=O) groups excluding carboxylic acids is 1. The Morgan fingerprint density at radius 2 is 2.08 bits per heavy atom. The Kier molecular flexibility index (Phi) is 3.67. The molecule has 4 aliphatic carbocycles. The van der Waals surface area contributed by atoms with E-state index in [0.717, 1.165) is 32.1 Å². The first-order valence-corrected chi connectivity index (χ1v) is 9.33. The average Bonchev–Trinajstić information content (AvgIpc) is 2.84. The summed E-state index contributed by atoms with van der Waals surface area (Å²) in [6, 6.07) is 0. The van der Waals surface area contributed by atoms with Crippen molar-refractivity contribution in [2.24, 2.45) is 28.6 Å². The summed E-state index contributed by atoms with van der Waals surface area (Å²) in [6.07, 6.45) is 12.2. The Morgan fingerprint density at radius 3 is 2.83 bits per heavy atom. The summed E-state index contributed by atoms with van der Waals surface area (Å²) >= 11 is 0. The molecular weight excluding hydrogens is 300 g/mol. The van der Waals surface area contributed by atoms with Gasteiger partial charge in [-0.05, 0) is 61.5 Å². The van der Waals surface area contributed by atoms with Gasteiger partial charge in [-0.1, -0.05) is 37.1 Å².